The highest BCUT2D eigenvalue weighted by Gasteiger charge is 2.31. The number of nitrogens with one attached hydrogen (secondary N) is 2. The van der Waals surface area contributed by atoms with Crippen LogP contribution in [0.5, 0.6) is 5.75 Å². The Balaban J connectivity index is 2.25. The van der Waals surface area contributed by atoms with E-state index in [2.05, 4.69) is 6.07 Å². The summed E-state index contributed by atoms with van der Waals surface area (Å²) in [5.74, 6) is 1.03. The molecule has 0 saturated heterocycles. The number of benzodiazepines with no additional fused rings is 1. The molecular weight excluding hydrogens is 386 g/mol. The molecule has 1 atom stereocenters. The Morgan fingerprint density at radius 2 is 2.00 bits per heavy atom. The average molecular weight is 407 g/mol. The van der Waals surface area contributed by atoms with Gasteiger partial charge in [0.2, 0.25) is 0 Å². The number of fused-ring (bicyclic) bond motifs is 1. The summed E-state index contributed by atoms with van der Waals surface area (Å²) in [5.41, 5.74) is 3.45. The van der Waals surface area contributed by atoms with Crippen molar-refractivity contribution < 1.29 is 8.92 Å². The Morgan fingerprint density at radius 1 is 1.28 bits per heavy atom. The SMILES string of the molecule is COc1ccc2c(c1)C(c1ccc(C#N)cc1)=N[C@@H](COSC)C(=N)N2C(C)=N. The Hall–Kier alpha value is -3.15. The summed E-state index contributed by atoms with van der Waals surface area (Å²) in [5, 5.41) is 26.1. The summed E-state index contributed by atoms with van der Waals surface area (Å²) in [6.07, 6.45) is 1.81. The molecule has 2 N–H and O–H groups in total. The molecule has 0 unspecified atom stereocenters. The summed E-state index contributed by atoms with van der Waals surface area (Å²) < 4.78 is 10.9. The van der Waals surface area contributed by atoms with Crippen LogP contribution in [-0.4, -0.2) is 43.4 Å². The van der Waals surface area contributed by atoms with Crippen LogP contribution in [0.25, 0.3) is 0 Å². The standard InChI is InChI=1S/C21H21N5O2S/c1-13(23)26-19-9-8-16(27-2)10-17(19)20(15-6-4-14(11-22)5-7-15)25-18(21(26)24)12-28-29-3/h4-10,18,23-24H,12H2,1-3H3/t18-/m0/s1. The molecular formula is C21H21N5O2S. The van der Waals surface area contributed by atoms with Gasteiger partial charge in [-0.25, -0.2) is 0 Å². The van der Waals surface area contributed by atoms with E-state index in [4.69, 9.17) is 30.0 Å². The van der Waals surface area contributed by atoms with E-state index in [-0.39, 0.29) is 18.3 Å². The monoisotopic (exact) mass is 407 g/mol. The topological polar surface area (TPSA) is 106 Å². The minimum atomic E-state index is -0.591. The van der Waals surface area contributed by atoms with Crippen LogP contribution in [0.1, 0.15) is 23.6 Å². The zero-order valence-corrected chi connectivity index (χ0v) is 17.2. The van der Waals surface area contributed by atoms with Gasteiger partial charge in [-0.05, 0) is 49.3 Å². The molecule has 2 aromatic rings. The summed E-state index contributed by atoms with van der Waals surface area (Å²) in [7, 11) is 1.59. The molecule has 7 nitrogen and oxygen atoms in total. The lowest BCUT2D eigenvalue weighted by Gasteiger charge is -2.26. The molecule has 0 aliphatic carbocycles. The van der Waals surface area contributed by atoms with E-state index in [9.17, 15) is 0 Å². The maximum atomic E-state index is 9.11. The lowest BCUT2D eigenvalue weighted by atomic mass is 9.99. The normalized spacial score (nSPS) is 15.8. The van der Waals surface area contributed by atoms with Crippen LogP contribution in [0.4, 0.5) is 5.69 Å². The Labute approximate surface area is 174 Å². The highest BCUT2D eigenvalue weighted by Crippen LogP contribution is 2.32. The predicted molar refractivity (Wildman–Crippen MR) is 117 cm³/mol. The van der Waals surface area contributed by atoms with Crippen molar-refractivity contribution in [3.8, 4) is 11.8 Å². The first kappa shape index (κ1) is 20.6. The molecule has 0 aromatic heterocycles. The lowest BCUT2D eigenvalue weighted by Crippen LogP contribution is -2.41. The van der Waals surface area contributed by atoms with Gasteiger partial charge < -0.3 is 8.92 Å². The second kappa shape index (κ2) is 8.90. The van der Waals surface area contributed by atoms with Crippen molar-refractivity contribution in [2.45, 2.75) is 13.0 Å². The zero-order chi connectivity index (χ0) is 21.0. The van der Waals surface area contributed by atoms with Gasteiger partial charge in [0.05, 0.1) is 36.7 Å². The van der Waals surface area contributed by atoms with Gasteiger partial charge in [0.25, 0.3) is 0 Å². The smallest absolute Gasteiger partial charge is 0.134 e. The number of aliphatic imine (C=N–C) groups is 1. The summed E-state index contributed by atoms with van der Waals surface area (Å²) in [6.45, 7) is 1.84. The molecule has 0 amide bonds. The molecule has 1 heterocycles. The zero-order valence-electron chi connectivity index (χ0n) is 16.4. The molecule has 1 aliphatic rings. The molecule has 3 rings (SSSR count). The molecule has 0 saturated carbocycles. The fraction of sp³-hybridized carbons (Fsp3) is 0.238. The highest BCUT2D eigenvalue weighted by atomic mass is 32.2. The summed E-state index contributed by atoms with van der Waals surface area (Å²) in [6, 6.07) is 14.2. The third-order valence-corrected chi connectivity index (χ3v) is 4.88. The summed E-state index contributed by atoms with van der Waals surface area (Å²) in [4.78, 5) is 6.42. The van der Waals surface area contributed by atoms with Gasteiger partial charge >= 0.3 is 0 Å². The van der Waals surface area contributed by atoms with E-state index in [1.165, 1.54) is 12.0 Å². The van der Waals surface area contributed by atoms with E-state index in [0.717, 1.165) is 11.1 Å². The van der Waals surface area contributed by atoms with Gasteiger partial charge in [-0.15, -0.1) is 0 Å². The van der Waals surface area contributed by atoms with Crippen LogP contribution in [0.15, 0.2) is 47.5 Å². The van der Waals surface area contributed by atoms with Crippen molar-refractivity contribution in [2.24, 2.45) is 4.99 Å². The predicted octanol–water partition coefficient (Wildman–Crippen LogP) is 3.86. The lowest BCUT2D eigenvalue weighted by molar-refractivity contribution is 0.368. The third-order valence-electron chi connectivity index (χ3n) is 4.51. The Kier molecular flexibility index (Phi) is 6.32. The second-order valence-corrected chi connectivity index (χ2v) is 6.89. The van der Waals surface area contributed by atoms with Crippen LogP contribution in [-0.2, 0) is 4.18 Å². The molecule has 8 heteroatoms. The van der Waals surface area contributed by atoms with Crippen molar-refractivity contribution in [1.29, 1.82) is 16.1 Å². The first-order valence-corrected chi connectivity index (χ1v) is 10.0. The Morgan fingerprint density at radius 3 is 2.59 bits per heavy atom. The van der Waals surface area contributed by atoms with Gasteiger partial charge in [0.15, 0.2) is 0 Å². The number of ether oxygens (including phenoxy) is 1. The van der Waals surface area contributed by atoms with E-state index >= 15 is 0 Å². The number of rotatable bonds is 5. The number of hydrogen-bond acceptors (Lipinski definition) is 7. The maximum Gasteiger partial charge on any atom is 0.134 e. The van der Waals surface area contributed by atoms with Crippen molar-refractivity contribution in [1.82, 2.24) is 0 Å². The van der Waals surface area contributed by atoms with Gasteiger partial charge in [-0.2, -0.15) is 5.26 Å². The van der Waals surface area contributed by atoms with E-state index in [1.54, 1.807) is 37.1 Å². The number of nitriles is 1. The van der Waals surface area contributed by atoms with Crippen LogP contribution < -0.4 is 9.64 Å². The second-order valence-electron chi connectivity index (χ2n) is 6.32. The Bertz CT molecular complexity index is 1010. The van der Waals surface area contributed by atoms with Crippen LogP contribution in [0, 0.1) is 22.1 Å². The molecule has 0 spiro atoms. The van der Waals surface area contributed by atoms with Gasteiger partial charge in [0.1, 0.15) is 23.5 Å². The minimum Gasteiger partial charge on any atom is -0.497 e. The first-order chi connectivity index (χ1) is 14.0. The molecule has 0 radical (unpaired) electrons. The van der Waals surface area contributed by atoms with Gasteiger partial charge in [-0.1, -0.05) is 12.1 Å². The van der Waals surface area contributed by atoms with Crippen LogP contribution >= 0.6 is 12.0 Å². The van der Waals surface area contributed by atoms with E-state index in [1.807, 2.05) is 30.5 Å². The molecule has 148 valence electrons. The molecule has 29 heavy (non-hydrogen) atoms. The van der Waals surface area contributed by atoms with Crippen molar-refractivity contribution in [3.63, 3.8) is 0 Å². The number of hydrogen-bond donors (Lipinski definition) is 2. The number of nitrogens with zero attached hydrogens (tertiary/aromatic N) is 3. The van der Waals surface area contributed by atoms with E-state index in [0.29, 0.717) is 22.7 Å². The first-order valence-electron chi connectivity index (χ1n) is 8.86. The fourth-order valence-corrected chi connectivity index (χ4v) is 3.40. The average Bonchev–Trinajstić information content (AvgIpc) is 2.86. The minimum absolute atomic E-state index is 0.168. The molecule has 0 bridgehead atoms. The van der Waals surface area contributed by atoms with Gasteiger partial charge in [-0.3, -0.25) is 20.7 Å². The fourth-order valence-electron chi connectivity index (χ4n) is 3.13. The van der Waals surface area contributed by atoms with E-state index < -0.39 is 6.04 Å². The number of anilines is 1. The maximum absolute atomic E-state index is 9.11. The highest BCUT2D eigenvalue weighted by molar-refractivity contribution is 7.93. The molecule has 2 aromatic carbocycles. The van der Waals surface area contributed by atoms with Crippen LogP contribution in [0.3, 0.4) is 0 Å². The van der Waals surface area contributed by atoms with Crippen molar-refractivity contribution >= 4 is 35.1 Å². The molecule has 1 aliphatic heterocycles. The molecule has 0 fully saturated rings. The quantitative estimate of drug-likeness (QED) is 0.445. The number of methoxy groups -OCH3 is 1. The van der Waals surface area contributed by atoms with Crippen LogP contribution in [0.2, 0.25) is 0 Å². The van der Waals surface area contributed by atoms with Crippen molar-refractivity contribution in [2.75, 3.05) is 24.9 Å². The summed E-state index contributed by atoms with van der Waals surface area (Å²) >= 11 is 1.21. The number of benzene rings is 2. The largest absolute Gasteiger partial charge is 0.497 e. The number of amidine groups is 2. The van der Waals surface area contributed by atoms with Gasteiger partial charge in [0, 0.05) is 17.4 Å². The van der Waals surface area contributed by atoms with Crippen molar-refractivity contribution in [3.05, 3.63) is 59.2 Å². The third kappa shape index (κ3) is 4.16.